The van der Waals surface area contributed by atoms with Crippen molar-refractivity contribution in [3.8, 4) is 0 Å². The number of rotatable bonds is 4. The lowest BCUT2D eigenvalue weighted by atomic mass is 10.0. The Hall–Kier alpha value is -1.91. The second-order valence-corrected chi connectivity index (χ2v) is 6.35. The lowest BCUT2D eigenvalue weighted by Gasteiger charge is -2.15. The van der Waals surface area contributed by atoms with Gasteiger partial charge in [-0.3, -0.25) is 9.59 Å². The van der Waals surface area contributed by atoms with Crippen LogP contribution in [0.4, 0.5) is 4.39 Å². The molecule has 0 aliphatic heterocycles. The standard InChI is InChI=1S/C16H20FNO3/c1-8-5-6-10(7-11(8)17)9(2)18-14(19)12-13(15(20)21)16(12,3)4/h5-7,9,12-13H,1-4H3,(H,18,19)(H,20,21). The van der Waals surface area contributed by atoms with Gasteiger partial charge >= 0.3 is 5.97 Å². The van der Waals surface area contributed by atoms with E-state index < -0.39 is 23.2 Å². The molecule has 5 heteroatoms. The Kier molecular flexibility index (Phi) is 3.78. The average molecular weight is 293 g/mol. The molecular formula is C16H20FNO3. The van der Waals surface area contributed by atoms with E-state index in [1.165, 1.54) is 6.07 Å². The maximum Gasteiger partial charge on any atom is 0.307 e. The molecule has 1 fully saturated rings. The molecule has 2 rings (SSSR count). The number of halogens is 1. The third-order valence-electron chi connectivity index (χ3n) is 4.43. The minimum atomic E-state index is -0.950. The van der Waals surface area contributed by atoms with Crippen LogP contribution in [0.25, 0.3) is 0 Å². The lowest BCUT2D eigenvalue weighted by Crippen LogP contribution is -2.30. The minimum absolute atomic E-state index is 0.291. The third-order valence-corrected chi connectivity index (χ3v) is 4.43. The number of hydrogen-bond donors (Lipinski definition) is 2. The van der Waals surface area contributed by atoms with Gasteiger partial charge in [0.05, 0.1) is 17.9 Å². The van der Waals surface area contributed by atoms with Gasteiger partial charge in [0.1, 0.15) is 5.82 Å². The van der Waals surface area contributed by atoms with Crippen molar-refractivity contribution in [2.24, 2.45) is 17.3 Å². The Morgan fingerprint density at radius 3 is 2.43 bits per heavy atom. The third kappa shape index (κ3) is 2.77. The molecule has 4 nitrogen and oxygen atoms in total. The van der Waals surface area contributed by atoms with Crippen LogP contribution in [-0.4, -0.2) is 17.0 Å². The summed E-state index contributed by atoms with van der Waals surface area (Å²) in [5.74, 6) is -2.74. The van der Waals surface area contributed by atoms with Crippen LogP contribution in [0.2, 0.25) is 0 Å². The highest BCUT2D eigenvalue weighted by molar-refractivity contribution is 5.91. The SMILES string of the molecule is Cc1ccc(C(C)NC(=O)C2C(C(=O)O)C2(C)C)cc1F. The second-order valence-electron chi connectivity index (χ2n) is 6.35. The number of carbonyl (C=O) groups is 2. The number of hydrogen-bond acceptors (Lipinski definition) is 2. The van der Waals surface area contributed by atoms with Crippen LogP contribution in [0, 0.1) is 30.0 Å². The summed E-state index contributed by atoms with van der Waals surface area (Å²) in [7, 11) is 0. The molecule has 1 amide bonds. The number of amides is 1. The van der Waals surface area contributed by atoms with Gasteiger partial charge in [-0.2, -0.15) is 0 Å². The van der Waals surface area contributed by atoms with Crippen LogP contribution in [0.3, 0.4) is 0 Å². The first kappa shape index (κ1) is 15.5. The Balaban J connectivity index is 2.06. The zero-order valence-corrected chi connectivity index (χ0v) is 12.6. The zero-order chi connectivity index (χ0) is 15.9. The first-order chi connectivity index (χ1) is 9.66. The molecule has 0 spiro atoms. The van der Waals surface area contributed by atoms with Gasteiger partial charge in [0.2, 0.25) is 5.91 Å². The summed E-state index contributed by atoms with van der Waals surface area (Å²) in [4.78, 5) is 23.3. The molecule has 3 unspecified atom stereocenters. The van der Waals surface area contributed by atoms with E-state index in [1.807, 2.05) is 0 Å². The number of benzene rings is 1. The molecule has 0 aromatic heterocycles. The van der Waals surface area contributed by atoms with Crippen molar-refractivity contribution < 1.29 is 19.1 Å². The van der Waals surface area contributed by atoms with Gasteiger partial charge in [-0.05, 0) is 36.5 Å². The maximum atomic E-state index is 13.5. The summed E-state index contributed by atoms with van der Waals surface area (Å²) in [6.45, 7) is 6.97. The van der Waals surface area contributed by atoms with Crippen LogP contribution in [0.5, 0.6) is 0 Å². The second kappa shape index (κ2) is 5.13. The quantitative estimate of drug-likeness (QED) is 0.897. The zero-order valence-electron chi connectivity index (χ0n) is 12.6. The number of nitrogens with one attached hydrogen (secondary N) is 1. The summed E-state index contributed by atoms with van der Waals surface area (Å²) in [6.07, 6.45) is 0. The number of carbonyl (C=O) groups excluding carboxylic acids is 1. The maximum absolute atomic E-state index is 13.5. The highest BCUT2D eigenvalue weighted by atomic mass is 19.1. The number of carboxylic acid groups (broad SMARTS) is 1. The first-order valence-corrected chi connectivity index (χ1v) is 6.95. The van der Waals surface area contributed by atoms with Crippen molar-refractivity contribution in [2.75, 3.05) is 0 Å². The van der Waals surface area contributed by atoms with Crippen molar-refractivity contribution in [2.45, 2.75) is 33.7 Å². The Labute approximate surface area is 123 Å². The molecule has 1 aromatic carbocycles. The van der Waals surface area contributed by atoms with Gasteiger partial charge in [-0.15, -0.1) is 0 Å². The van der Waals surface area contributed by atoms with Gasteiger partial charge in [-0.25, -0.2) is 4.39 Å². The van der Waals surface area contributed by atoms with Gasteiger partial charge in [0.25, 0.3) is 0 Å². The van der Waals surface area contributed by atoms with Crippen LogP contribution < -0.4 is 5.32 Å². The predicted octanol–water partition coefficient (Wildman–Crippen LogP) is 2.67. The number of aryl methyl sites for hydroxylation is 1. The molecule has 21 heavy (non-hydrogen) atoms. The van der Waals surface area contributed by atoms with Gasteiger partial charge in [-0.1, -0.05) is 26.0 Å². The Bertz CT molecular complexity index is 597. The topological polar surface area (TPSA) is 66.4 Å². The molecule has 3 atom stereocenters. The van der Waals surface area contributed by atoms with E-state index in [4.69, 9.17) is 5.11 Å². The van der Waals surface area contributed by atoms with E-state index in [2.05, 4.69) is 5.32 Å². The fraction of sp³-hybridized carbons (Fsp3) is 0.500. The summed E-state index contributed by atoms with van der Waals surface area (Å²) in [6, 6.07) is 4.45. The van der Waals surface area contributed by atoms with Gasteiger partial charge in [0.15, 0.2) is 0 Å². The molecule has 0 radical (unpaired) electrons. The van der Waals surface area contributed by atoms with E-state index in [0.29, 0.717) is 11.1 Å². The molecule has 1 aromatic rings. The lowest BCUT2D eigenvalue weighted by molar-refractivity contribution is -0.140. The van der Waals surface area contributed by atoms with E-state index in [1.54, 1.807) is 39.8 Å². The van der Waals surface area contributed by atoms with Crippen LogP contribution in [-0.2, 0) is 9.59 Å². The van der Waals surface area contributed by atoms with Gasteiger partial charge < -0.3 is 10.4 Å². The predicted molar refractivity (Wildman–Crippen MR) is 76.1 cm³/mol. The van der Waals surface area contributed by atoms with Crippen LogP contribution >= 0.6 is 0 Å². The molecule has 0 heterocycles. The highest BCUT2D eigenvalue weighted by Gasteiger charge is 2.65. The molecule has 2 N–H and O–H groups in total. The molecule has 114 valence electrons. The van der Waals surface area contributed by atoms with E-state index in [9.17, 15) is 14.0 Å². The molecular weight excluding hydrogens is 273 g/mol. The highest BCUT2D eigenvalue weighted by Crippen LogP contribution is 2.58. The summed E-state index contributed by atoms with van der Waals surface area (Å²) < 4.78 is 13.5. The summed E-state index contributed by atoms with van der Waals surface area (Å²) >= 11 is 0. The minimum Gasteiger partial charge on any atom is -0.481 e. The van der Waals surface area contributed by atoms with Crippen LogP contribution in [0.15, 0.2) is 18.2 Å². The largest absolute Gasteiger partial charge is 0.481 e. The Morgan fingerprint density at radius 1 is 1.33 bits per heavy atom. The molecule has 1 saturated carbocycles. The van der Waals surface area contributed by atoms with Crippen molar-refractivity contribution in [1.29, 1.82) is 0 Å². The first-order valence-electron chi connectivity index (χ1n) is 6.95. The van der Waals surface area contributed by atoms with E-state index in [-0.39, 0.29) is 17.8 Å². The van der Waals surface area contributed by atoms with Gasteiger partial charge in [0, 0.05) is 0 Å². The van der Waals surface area contributed by atoms with Crippen LogP contribution in [0.1, 0.15) is 37.9 Å². The monoisotopic (exact) mass is 293 g/mol. The number of aliphatic carboxylic acids is 1. The fourth-order valence-corrected chi connectivity index (χ4v) is 2.85. The molecule has 1 aliphatic carbocycles. The molecule has 0 saturated heterocycles. The van der Waals surface area contributed by atoms with Crippen molar-refractivity contribution in [3.05, 3.63) is 35.1 Å². The summed E-state index contributed by atoms with van der Waals surface area (Å²) in [5, 5.41) is 11.9. The van der Waals surface area contributed by atoms with Crippen molar-refractivity contribution >= 4 is 11.9 Å². The van der Waals surface area contributed by atoms with E-state index in [0.717, 1.165) is 0 Å². The number of carboxylic acids is 1. The smallest absolute Gasteiger partial charge is 0.307 e. The summed E-state index contributed by atoms with van der Waals surface area (Å²) in [5.41, 5.74) is 0.678. The van der Waals surface area contributed by atoms with E-state index >= 15 is 0 Å². The molecule has 1 aliphatic rings. The average Bonchev–Trinajstić information content (AvgIpc) is 2.96. The fourth-order valence-electron chi connectivity index (χ4n) is 2.85. The normalized spacial score (nSPS) is 24.2. The Morgan fingerprint density at radius 2 is 1.95 bits per heavy atom. The van der Waals surface area contributed by atoms with Crippen molar-refractivity contribution in [1.82, 2.24) is 5.32 Å². The molecule has 0 bridgehead atoms. The van der Waals surface area contributed by atoms with Crippen molar-refractivity contribution in [3.63, 3.8) is 0 Å².